The summed E-state index contributed by atoms with van der Waals surface area (Å²) >= 11 is 0. The summed E-state index contributed by atoms with van der Waals surface area (Å²) in [7, 11) is 0. The summed E-state index contributed by atoms with van der Waals surface area (Å²) in [6.07, 6.45) is -0.105. The zero-order chi connectivity index (χ0) is 16.8. The Morgan fingerprint density at radius 3 is 2.35 bits per heavy atom. The summed E-state index contributed by atoms with van der Waals surface area (Å²) in [6, 6.07) is 10.5. The van der Waals surface area contributed by atoms with Crippen LogP contribution in [-0.2, 0) is 4.79 Å². The molecular weight excluding hydrogens is 304 g/mol. The smallest absolute Gasteiger partial charge is 0.312 e. The van der Waals surface area contributed by atoms with Crippen LogP contribution in [0.1, 0.15) is 18.0 Å². The maximum absolute atomic E-state index is 13.1. The lowest BCUT2D eigenvalue weighted by Gasteiger charge is -2.17. The molecule has 2 aromatic rings. The van der Waals surface area contributed by atoms with Crippen LogP contribution in [0.4, 0.5) is 19.3 Å². The van der Waals surface area contributed by atoms with E-state index in [0.717, 1.165) is 12.1 Å². The molecule has 0 saturated carbocycles. The lowest BCUT2D eigenvalue weighted by atomic mass is 10.0. The van der Waals surface area contributed by atoms with Gasteiger partial charge in [-0.2, -0.15) is 0 Å². The van der Waals surface area contributed by atoms with Crippen molar-refractivity contribution in [2.24, 2.45) is 5.73 Å². The predicted octanol–water partition coefficient (Wildman–Crippen LogP) is 2.70. The van der Waals surface area contributed by atoms with Crippen molar-refractivity contribution in [1.82, 2.24) is 5.32 Å². The van der Waals surface area contributed by atoms with E-state index >= 15 is 0 Å². The molecule has 0 aromatic heterocycles. The van der Waals surface area contributed by atoms with Gasteiger partial charge >= 0.3 is 6.03 Å². The fourth-order valence-corrected chi connectivity index (χ4v) is 2.08. The highest BCUT2D eigenvalue weighted by Crippen LogP contribution is 2.18. The van der Waals surface area contributed by atoms with Gasteiger partial charge in [0.15, 0.2) is 11.6 Å². The highest BCUT2D eigenvalue weighted by molar-refractivity contribution is 5.91. The number of amides is 3. The van der Waals surface area contributed by atoms with Gasteiger partial charge in [-0.25, -0.2) is 13.6 Å². The number of benzene rings is 2. The van der Waals surface area contributed by atoms with E-state index in [1.807, 2.05) is 0 Å². The summed E-state index contributed by atoms with van der Waals surface area (Å²) in [5, 5.41) is 4.92. The number of hydrogen-bond acceptors (Lipinski definition) is 2. The predicted molar refractivity (Wildman–Crippen MR) is 81.5 cm³/mol. The SMILES string of the molecule is NC(=O)NC(CC(=O)Nc1ccc(F)c(F)c1)c1ccccc1. The number of nitrogens with two attached hydrogens (primary N) is 1. The van der Waals surface area contributed by atoms with Crippen molar-refractivity contribution in [3.05, 3.63) is 65.7 Å². The van der Waals surface area contributed by atoms with Crippen molar-refractivity contribution in [2.45, 2.75) is 12.5 Å². The maximum Gasteiger partial charge on any atom is 0.312 e. The molecule has 3 amide bonds. The monoisotopic (exact) mass is 319 g/mol. The van der Waals surface area contributed by atoms with E-state index < -0.39 is 29.6 Å². The Kier molecular flexibility index (Phi) is 5.24. The molecule has 5 nitrogen and oxygen atoms in total. The zero-order valence-corrected chi connectivity index (χ0v) is 12.1. The molecule has 0 heterocycles. The molecule has 0 aliphatic heterocycles. The molecule has 0 aliphatic rings. The minimum absolute atomic E-state index is 0.105. The second kappa shape index (κ2) is 7.35. The number of carbonyl (C=O) groups excluding carboxylic acids is 2. The topological polar surface area (TPSA) is 84.2 Å². The van der Waals surface area contributed by atoms with Crippen molar-refractivity contribution in [3.8, 4) is 0 Å². The Hall–Kier alpha value is -2.96. The second-order valence-electron chi connectivity index (χ2n) is 4.85. The molecule has 0 fully saturated rings. The van der Waals surface area contributed by atoms with E-state index in [0.29, 0.717) is 5.56 Å². The van der Waals surface area contributed by atoms with Gasteiger partial charge in [-0.1, -0.05) is 30.3 Å². The van der Waals surface area contributed by atoms with Crippen LogP contribution >= 0.6 is 0 Å². The molecule has 0 saturated heterocycles. The fourth-order valence-electron chi connectivity index (χ4n) is 2.08. The average Bonchev–Trinajstić information content (AvgIpc) is 2.51. The van der Waals surface area contributed by atoms with Crippen LogP contribution in [0.5, 0.6) is 0 Å². The number of primary amides is 1. The van der Waals surface area contributed by atoms with Gasteiger partial charge in [0.2, 0.25) is 5.91 Å². The number of urea groups is 1. The van der Waals surface area contributed by atoms with Crippen LogP contribution in [0.2, 0.25) is 0 Å². The fraction of sp³-hybridized carbons (Fsp3) is 0.125. The van der Waals surface area contributed by atoms with Gasteiger partial charge in [0.25, 0.3) is 0 Å². The summed E-state index contributed by atoms with van der Waals surface area (Å²) in [4.78, 5) is 23.1. The largest absolute Gasteiger partial charge is 0.352 e. The van der Waals surface area contributed by atoms with Crippen molar-refractivity contribution < 1.29 is 18.4 Å². The maximum atomic E-state index is 13.1. The van der Waals surface area contributed by atoms with E-state index in [1.165, 1.54) is 6.07 Å². The van der Waals surface area contributed by atoms with E-state index in [1.54, 1.807) is 30.3 Å². The van der Waals surface area contributed by atoms with Crippen LogP contribution in [0.25, 0.3) is 0 Å². The van der Waals surface area contributed by atoms with Gasteiger partial charge in [-0.05, 0) is 17.7 Å². The lowest BCUT2D eigenvalue weighted by Crippen LogP contribution is -2.35. The molecule has 1 unspecified atom stereocenters. The van der Waals surface area contributed by atoms with Crippen molar-refractivity contribution in [3.63, 3.8) is 0 Å². The molecule has 120 valence electrons. The van der Waals surface area contributed by atoms with E-state index in [-0.39, 0.29) is 12.1 Å². The van der Waals surface area contributed by atoms with Crippen LogP contribution in [0.15, 0.2) is 48.5 Å². The Bertz CT molecular complexity index is 708. The molecular formula is C16H15F2N3O2. The summed E-state index contributed by atoms with van der Waals surface area (Å²) in [5.74, 6) is -2.53. The Labute approximate surface area is 131 Å². The third-order valence-corrected chi connectivity index (χ3v) is 3.11. The molecule has 7 heteroatoms. The van der Waals surface area contributed by atoms with Crippen LogP contribution < -0.4 is 16.4 Å². The highest BCUT2D eigenvalue weighted by atomic mass is 19.2. The first-order chi connectivity index (χ1) is 11.0. The normalized spacial score (nSPS) is 11.6. The molecule has 0 spiro atoms. The van der Waals surface area contributed by atoms with Crippen LogP contribution in [-0.4, -0.2) is 11.9 Å². The first kappa shape index (κ1) is 16.4. The molecule has 1 atom stereocenters. The standard InChI is InChI=1S/C16H15F2N3O2/c17-12-7-6-11(8-13(12)18)20-15(22)9-14(21-16(19)23)10-4-2-1-3-5-10/h1-8,14H,9H2,(H,20,22)(H3,19,21,23). The molecule has 0 aliphatic carbocycles. The van der Waals surface area contributed by atoms with Gasteiger partial charge in [-0.3, -0.25) is 4.79 Å². The zero-order valence-electron chi connectivity index (χ0n) is 12.1. The Morgan fingerprint density at radius 2 is 1.74 bits per heavy atom. The van der Waals surface area contributed by atoms with E-state index in [2.05, 4.69) is 10.6 Å². The molecule has 2 aromatic carbocycles. The number of nitrogens with one attached hydrogen (secondary N) is 2. The minimum atomic E-state index is -1.06. The van der Waals surface area contributed by atoms with Crippen LogP contribution in [0, 0.1) is 11.6 Å². The highest BCUT2D eigenvalue weighted by Gasteiger charge is 2.17. The van der Waals surface area contributed by atoms with Gasteiger partial charge in [-0.15, -0.1) is 0 Å². The quantitative estimate of drug-likeness (QED) is 0.791. The first-order valence-electron chi connectivity index (χ1n) is 6.81. The molecule has 4 N–H and O–H groups in total. The van der Waals surface area contributed by atoms with Crippen LogP contribution in [0.3, 0.4) is 0 Å². The molecule has 23 heavy (non-hydrogen) atoms. The first-order valence-corrected chi connectivity index (χ1v) is 6.81. The molecule has 0 bridgehead atoms. The summed E-state index contributed by atoms with van der Waals surface area (Å²) in [5.41, 5.74) is 5.95. The van der Waals surface area contributed by atoms with Crippen molar-refractivity contribution >= 4 is 17.6 Å². The number of anilines is 1. The second-order valence-corrected chi connectivity index (χ2v) is 4.85. The lowest BCUT2D eigenvalue weighted by molar-refractivity contribution is -0.116. The number of carbonyl (C=O) groups is 2. The Balaban J connectivity index is 2.08. The van der Waals surface area contributed by atoms with Crippen molar-refractivity contribution in [2.75, 3.05) is 5.32 Å². The van der Waals surface area contributed by atoms with E-state index in [4.69, 9.17) is 5.73 Å². The van der Waals surface area contributed by atoms with E-state index in [9.17, 15) is 18.4 Å². The number of halogens is 2. The van der Waals surface area contributed by atoms with Gasteiger partial charge < -0.3 is 16.4 Å². The van der Waals surface area contributed by atoms with Gasteiger partial charge in [0, 0.05) is 11.8 Å². The summed E-state index contributed by atoms with van der Waals surface area (Å²) < 4.78 is 26.0. The average molecular weight is 319 g/mol. The third-order valence-electron chi connectivity index (χ3n) is 3.11. The number of hydrogen-bond donors (Lipinski definition) is 3. The van der Waals surface area contributed by atoms with Gasteiger partial charge in [0.1, 0.15) is 0 Å². The van der Waals surface area contributed by atoms with Gasteiger partial charge in [0.05, 0.1) is 12.5 Å². The summed E-state index contributed by atoms with van der Waals surface area (Å²) in [6.45, 7) is 0. The Morgan fingerprint density at radius 1 is 1.04 bits per heavy atom. The molecule has 0 radical (unpaired) electrons. The molecule has 2 rings (SSSR count). The third kappa shape index (κ3) is 4.77. The van der Waals surface area contributed by atoms with Crippen molar-refractivity contribution in [1.29, 1.82) is 0 Å². The minimum Gasteiger partial charge on any atom is -0.352 e. The number of rotatable bonds is 5.